The lowest BCUT2D eigenvalue weighted by Gasteiger charge is -1.95. The lowest BCUT2D eigenvalue weighted by molar-refractivity contribution is 0.594. The zero-order valence-corrected chi connectivity index (χ0v) is 9.58. The van der Waals surface area contributed by atoms with E-state index in [1.165, 1.54) is 18.5 Å². The third-order valence-corrected chi connectivity index (χ3v) is 3.07. The summed E-state index contributed by atoms with van der Waals surface area (Å²) < 4.78 is 27.0. The number of aromatic nitrogens is 2. The Morgan fingerprint density at radius 2 is 1.71 bits per heavy atom. The molecule has 0 aromatic carbocycles. The van der Waals surface area contributed by atoms with E-state index in [-0.39, 0.29) is 5.03 Å². The highest BCUT2D eigenvalue weighted by atomic mass is 32.2. The Labute approximate surface area is 98.9 Å². The van der Waals surface area contributed by atoms with Crippen molar-refractivity contribution < 1.29 is 8.42 Å². The quantitative estimate of drug-likeness (QED) is 0.766. The summed E-state index contributed by atoms with van der Waals surface area (Å²) in [6, 6.07) is 9.78. The topological polar surface area (TPSA) is 72.3 Å². The molecule has 0 amide bonds. The van der Waals surface area contributed by atoms with E-state index in [9.17, 15) is 8.42 Å². The molecule has 0 N–H and O–H groups in total. The van der Waals surface area contributed by atoms with Crippen molar-refractivity contribution in [3.8, 4) is 0 Å². The van der Waals surface area contributed by atoms with Crippen molar-refractivity contribution in [2.75, 3.05) is 0 Å². The monoisotopic (exact) mass is 247 g/mol. The van der Waals surface area contributed by atoms with Crippen LogP contribution >= 0.6 is 0 Å². The predicted molar refractivity (Wildman–Crippen MR) is 63.3 cm³/mol. The lowest BCUT2D eigenvalue weighted by Crippen LogP contribution is -2.00. The summed E-state index contributed by atoms with van der Waals surface area (Å²) in [5.41, 5.74) is 0.479. The highest BCUT2D eigenvalue weighted by Gasteiger charge is 2.11. The zero-order valence-electron chi connectivity index (χ0n) is 8.76. The fourth-order valence-electron chi connectivity index (χ4n) is 1.13. The number of pyridine rings is 2. The van der Waals surface area contributed by atoms with E-state index in [1.54, 1.807) is 36.5 Å². The van der Waals surface area contributed by atoms with E-state index < -0.39 is 10.0 Å². The Kier molecular flexibility index (Phi) is 3.24. The van der Waals surface area contributed by atoms with Gasteiger partial charge in [-0.05, 0) is 24.3 Å². The normalized spacial score (nSPS) is 11.8. The lowest BCUT2D eigenvalue weighted by atomic mass is 10.4. The van der Waals surface area contributed by atoms with Gasteiger partial charge < -0.3 is 0 Å². The smallest absolute Gasteiger partial charge is 0.255 e. The molecule has 17 heavy (non-hydrogen) atoms. The molecule has 6 heteroatoms. The van der Waals surface area contributed by atoms with Gasteiger partial charge in [0.1, 0.15) is 0 Å². The summed E-state index contributed by atoms with van der Waals surface area (Å²) in [6.45, 7) is 0. The average Bonchev–Trinajstić information content (AvgIpc) is 2.39. The van der Waals surface area contributed by atoms with Crippen LogP contribution in [0.1, 0.15) is 5.69 Å². The number of hydrogen-bond acceptors (Lipinski definition) is 4. The van der Waals surface area contributed by atoms with Crippen LogP contribution in [0.2, 0.25) is 0 Å². The van der Waals surface area contributed by atoms with Crippen LogP contribution in [-0.4, -0.2) is 24.6 Å². The summed E-state index contributed by atoms with van der Waals surface area (Å²) >= 11 is 0. The first kappa shape index (κ1) is 11.4. The zero-order chi connectivity index (χ0) is 12.1. The molecular formula is C11H9N3O2S. The van der Waals surface area contributed by atoms with E-state index in [4.69, 9.17) is 0 Å². The fourth-order valence-corrected chi connectivity index (χ4v) is 1.93. The molecule has 0 spiro atoms. The molecule has 0 aliphatic heterocycles. The molecule has 2 aromatic heterocycles. The van der Waals surface area contributed by atoms with Crippen molar-refractivity contribution in [3.05, 3.63) is 54.5 Å². The summed E-state index contributed by atoms with van der Waals surface area (Å²) in [4.78, 5) is 7.68. The van der Waals surface area contributed by atoms with Gasteiger partial charge in [-0.3, -0.25) is 4.98 Å². The van der Waals surface area contributed by atoms with Crippen LogP contribution in [0.15, 0.2) is 58.2 Å². The van der Waals surface area contributed by atoms with Crippen LogP contribution in [-0.2, 0) is 10.0 Å². The number of hydrogen-bond donors (Lipinski definition) is 0. The fraction of sp³-hybridized carbons (Fsp3) is 0. The number of sulfonamides is 1. The third kappa shape index (κ3) is 2.94. The second-order valence-electron chi connectivity index (χ2n) is 3.13. The van der Waals surface area contributed by atoms with Gasteiger partial charge in [-0.2, -0.15) is 12.8 Å². The molecular weight excluding hydrogens is 238 g/mol. The van der Waals surface area contributed by atoms with Crippen molar-refractivity contribution >= 4 is 16.2 Å². The number of rotatable bonds is 3. The largest absolute Gasteiger partial charge is 0.299 e. The van der Waals surface area contributed by atoms with Crippen LogP contribution in [0.4, 0.5) is 0 Å². The van der Waals surface area contributed by atoms with E-state index in [0.717, 1.165) is 0 Å². The van der Waals surface area contributed by atoms with Gasteiger partial charge in [0.15, 0.2) is 5.03 Å². The Balaban J connectivity index is 2.28. The van der Waals surface area contributed by atoms with Gasteiger partial charge in [0.25, 0.3) is 10.0 Å². The third-order valence-electron chi connectivity index (χ3n) is 1.91. The highest BCUT2D eigenvalue weighted by Crippen LogP contribution is 2.07. The first-order valence-electron chi connectivity index (χ1n) is 4.81. The van der Waals surface area contributed by atoms with Crippen molar-refractivity contribution in [3.63, 3.8) is 0 Å². The van der Waals surface area contributed by atoms with Crippen molar-refractivity contribution in [2.24, 2.45) is 4.40 Å². The Morgan fingerprint density at radius 1 is 1.00 bits per heavy atom. The van der Waals surface area contributed by atoms with Crippen LogP contribution in [0.3, 0.4) is 0 Å². The second-order valence-corrected chi connectivity index (χ2v) is 4.71. The minimum Gasteiger partial charge on any atom is -0.255 e. The molecule has 0 atom stereocenters. The summed E-state index contributed by atoms with van der Waals surface area (Å²) in [7, 11) is -3.74. The summed E-state index contributed by atoms with van der Waals surface area (Å²) in [6.07, 6.45) is 4.17. The molecule has 0 aliphatic rings. The van der Waals surface area contributed by atoms with Gasteiger partial charge in [-0.1, -0.05) is 12.1 Å². The van der Waals surface area contributed by atoms with Crippen molar-refractivity contribution in [1.29, 1.82) is 0 Å². The van der Waals surface area contributed by atoms with E-state index in [1.807, 2.05) is 0 Å². The number of nitrogens with zero attached hydrogens (tertiary/aromatic N) is 3. The molecule has 0 fully saturated rings. The molecule has 0 saturated carbocycles. The molecule has 2 rings (SSSR count). The van der Waals surface area contributed by atoms with Crippen LogP contribution in [0.25, 0.3) is 0 Å². The maximum Gasteiger partial charge on any atom is 0.299 e. The molecule has 0 radical (unpaired) electrons. The average molecular weight is 247 g/mol. The van der Waals surface area contributed by atoms with Gasteiger partial charge in [0.2, 0.25) is 0 Å². The molecule has 0 aliphatic carbocycles. The van der Waals surface area contributed by atoms with Crippen LogP contribution in [0, 0.1) is 0 Å². The van der Waals surface area contributed by atoms with E-state index >= 15 is 0 Å². The first-order chi connectivity index (χ1) is 8.18. The Bertz CT molecular complexity index is 610. The highest BCUT2D eigenvalue weighted by molar-refractivity contribution is 7.90. The summed E-state index contributed by atoms with van der Waals surface area (Å²) in [5, 5.41) is -0.0767. The molecule has 0 bridgehead atoms. The first-order valence-corrected chi connectivity index (χ1v) is 6.25. The molecule has 0 saturated heterocycles. The minimum absolute atomic E-state index is 0.0767. The molecule has 2 heterocycles. The standard InChI is InChI=1S/C11H9N3O2S/c15-17(16,11-6-2-4-8-13-11)14-9-10-5-1-3-7-12-10/h1-9H/b14-9+. The molecule has 0 unspecified atom stereocenters. The molecule has 2 aromatic rings. The maximum atomic E-state index is 11.7. The van der Waals surface area contributed by atoms with Crippen LogP contribution in [0.5, 0.6) is 0 Å². The SMILES string of the molecule is O=S(=O)(/N=C/c1ccccn1)c1ccccn1. The maximum absolute atomic E-state index is 11.7. The van der Waals surface area contributed by atoms with Crippen molar-refractivity contribution in [1.82, 2.24) is 9.97 Å². The van der Waals surface area contributed by atoms with Crippen LogP contribution < -0.4 is 0 Å². The van der Waals surface area contributed by atoms with E-state index in [2.05, 4.69) is 14.4 Å². The van der Waals surface area contributed by atoms with E-state index in [0.29, 0.717) is 5.69 Å². The summed E-state index contributed by atoms with van der Waals surface area (Å²) in [5.74, 6) is 0. The Hall–Kier alpha value is -2.08. The molecule has 86 valence electrons. The van der Waals surface area contributed by atoms with Gasteiger partial charge in [0.05, 0.1) is 11.9 Å². The minimum atomic E-state index is -3.74. The van der Waals surface area contributed by atoms with Gasteiger partial charge in [-0.15, -0.1) is 0 Å². The second kappa shape index (κ2) is 4.84. The molecule has 5 nitrogen and oxygen atoms in total. The van der Waals surface area contributed by atoms with Gasteiger partial charge in [0, 0.05) is 12.4 Å². The Morgan fingerprint density at radius 3 is 2.29 bits per heavy atom. The van der Waals surface area contributed by atoms with Gasteiger partial charge >= 0.3 is 0 Å². The van der Waals surface area contributed by atoms with Crippen molar-refractivity contribution in [2.45, 2.75) is 5.03 Å². The predicted octanol–water partition coefficient (Wildman–Crippen LogP) is 1.28. The van der Waals surface area contributed by atoms with Gasteiger partial charge in [-0.25, -0.2) is 4.98 Å².